The van der Waals surface area contributed by atoms with E-state index in [1.807, 2.05) is 26.0 Å². The predicted octanol–water partition coefficient (Wildman–Crippen LogP) is 3.74. The van der Waals surface area contributed by atoms with E-state index in [4.69, 9.17) is 9.15 Å². The van der Waals surface area contributed by atoms with Crippen molar-refractivity contribution >= 4 is 5.82 Å². The van der Waals surface area contributed by atoms with E-state index in [1.165, 1.54) is 11.1 Å². The van der Waals surface area contributed by atoms with Gasteiger partial charge in [0.2, 0.25) is 0 Å². The Bertz CT molecular complexity index is 745. The lowest BCUT2D eigenvalue weighted by Gasteiger charge is -2.19. The number of fused-ring (bicyclic) bond motifs is 1. The van der Waals surface area contributed by atoms with Gasteiger partial charge in [-0.25, -0.2) is 4.98 Å². The topological polar surface area (TPSA) is 72.3 Å². The van der Waals surface area contributed by atoms with Gasteiger partial charge in [-0.1, -0.05) is 0 Å². The second kappa shape index (κ2) is 8.17. The summed E-state index contributed by atoms with van der Waals surface area (Å²) in [5.41, 5.74) is 4.14. The van der Waals surface area contributed by atoms with Crippen LogP contribution in [0.2, 0.25) is 0 Å². The molecule has 0 saturated heterocycles. The largest absolute Gasteiger partial charge is 0.461 e. The maximum Gasteiger partial charge on any atom is 0.291 e. The van der Waals surface area contributed by atoms with E-state index in [2.05, 4.69) is 16.4 Å². The first-order valence-electron chi connectivity index (χ1n) is 9.11. The van der Waals surface area contributed by atoms with Gasteiger partial charge in [0, 0.05) is 12.0 Å². The minimum Gasteiger partial charge on any atom is -0.461 e. The molecule has 2 aromatic rings. The van der Waals surface area contributed by atoms with E-state index in [1.54, 1.807) is 6.26 Å². The molecule has 132 valence electrons. The summed E-state index contributed by atoms with van der Waals surface area (Å²) >= 11 is 0. The first-order valence-corrected chi connectivity index (χ1v) is 9.11. The molecule has 3 rings (SSSR count). The molecule has 1 aliphatic carbocycles. The van der Waals surface area contributed by atoms with Crippen molar-refractivity contribution in [3.8, 4) is 17.5 Å². The number of nitriles is 1. The lowest BCUT2D eigenvalue weighted by atomic mass is 9.87. The number of aromatic nitrogens is 1. The van der Waals surface area contributed by atoms with Gasteiger partial charge in [0.15, 0.2) is 11.5 Å². The third-order valence-corrected chi connectivity index (χ3v) is 4.52. The minimum absolute atomic E-state index is 0.246. The van der Waals surface area contributed by atoms with Crippen LogP contribution in [0.25, 0.3) is 11.5 Å². The fraction of sp³-hybridized carbons (Fsp3) is 0.500. The highest BCUT2D eigenvalue weighted by Gasteiger charge is 2.27. The summed E-state index contributed by atoms with van der Waals surface area (Å²) in [6.07, 6.45) is 7.04. The van der Waals surface area contributed by atoms with Crippen LogP contribution >= 0.6 is 0 Å². The molecule has 1 aliphatic rings. The molecule has 5 nitrogen and oxygen atoms in total. The molecule has 0 aliphatic heterocycles. The van der Waals surface area contributed by atoms with Gasteiger partial charge in [0.25, 0.3) is 5.82 Å². The van der Waals surface area contributed by atoms with Gasteiger partial charge in [-0.3, -0.25) is 5.32 Å². The highest BCUT2D eigenvalue weighted by Crippen LogP contribution is 2.33. The lowest BCUT2D eigenvalue weighted by molar-refractivity contribution is -0.349. The zero-order valence-corrected chi connectivity index (χ0v) is 15.0. The Morgan fingerprint density at radius 3 is 2.80 bits per heavy atom. The number of ether oxygens (including phenoxy) is 1. The van der Waals surface area contributed by atoms with E-state index >= 15 is 0 Å². The van der Waals surface area contributed by atoms with Crippen LogP contribution in [0, 0.1) is 11.3 Å². The molecule has 0 bridgehead atoms. The van der Waals surface area contributed by atoms with Gasteiger partial charge in [-0.05, 0) is 57.2 Å². The van der Waals surface area contributed by atoms with E-state index in [9.17, 15) is 5.26 Å². The molecule has 0 spiro atoms. The van der Waals surface area contributed by atoms with Crippen molar-refractivity contribution in [1.29, 1.82) is 5.26 Å². The molecule has 0 unspecified atom stereocenters. The highest BCUT2D eigenvalue weighted by molar-refractivity contribution is 5.64. The average molecular weight is 340 g/mol. The van der Waals surface area contributed by atoms with Crippen molar-refractivity contribution in [3.05, 3.63) is 35.1 Å². The molecular weight excluding hydrogens is 314 g/mol. The molecule has 2 aromatic heterocycles. The number of pyridine rings is 1. The van der Waals surface area contributed by atoms with Crippen molar-refractivity contribution in [2.45, 2.75) is 52.1 Å². The van der Waals surface area contributed by atoms with Crippen molar-refractivity contribution < 1.29 is 14.1 Å². The second-order valence-electron chi connectivity index (χ2n) is 6.70. The maximum absolute atomic E-state index is 9.71. The van der Waals surface area contributed by atoms with Crippen LogP contribution in [0.5, 0.6) is 0 Å². The molecule has 25 heavy (non-hydrogen) atoms. The maximum atomic E-state index is 9.71. The van der Waals surface area contributed by atoms with E-state index in [0.29, 0.717) is 6.61 Å². The Morgan fingerprint density at radius 1 is 1.32 bits per heavy atom. The van der Waals surface area contributed by atoms with Crippen molar-refractivity contribution in [2.75, 3.05) is 18.5 Å². The standard InChI is InChI=1S/C20H25N3O2/c1-14(2)24-12-6-10-22-20-17(13-21)15-7-3-4-8-16(15)19(23-20)18-9-5-11-25-18/h5,9,11,14H,3-4,6-8,10,12H2,1-2H3,(H,22,23)/p+1. The minimum atomic E-state index is 0.246. The SMILES string of the molecule is CC(C)OCCCNc1[nH+]c(-c2ccco2)c2c(c1C#N)CCCC2. The normalized spacial score (nSPS) is 13.5. The van der Waals surface area contributed by atoms with Crippen LogP contribution in [0.1, 0.15) is 49.8 Å². The van der Waals surface area contributed by atoms with Crippen molar-refractivity contribution in [2.24, 2.45) is 0 Å². The molecule has 5 heteroatoms. The Labute approximate surface area is 149 Å². The van der Waals surface area contributed by atoms with Gasteiger partial charge in [0.1, 0.15) is 11.6 Å². The number of nitrogens with one attached hydrogen (secondary N) is 2. The van der Waals surface area contributed by atoms with Gasteiger partial charge in [-0.15, -0.1) is 0 Å². The number of nitrogens with zero attached hydrogens (tertiary/aromatic N) is 1. The molecule has 0 saturated carbocycles. The van der Waals surface area contributed by atoms with Gasteiger partial charge in [0.05, 0.1) is 25.5 Å². The van der Waals surface area contributed by atoms with Crippen LogP contribution < -0.4 is 10.3 Å². The number of furan rings is 1. The molecule has 0 aromatic carbocycles. The Morgan fingerprint density at radius 2 is 2.12 bits per heavy atom. The van der Waals surface area contributed by atoms with Crippen LogP contribution in [0.4, 0.5) is 5.82 Å². The zero-order valence-electron chi connectivity index (χ0n) is 15.0. The van der Waals surface area contributed by atoms with Crippen LogP contribution in [-0.2, 0) is 17.6 Å². The van der Waals surface area contributed by atoms with E-state index in [0.717, 1.165) is 61.5 Å². The second-order valence-corrected chi connectivity index (χ2v) is 6.70. The highest BCUT2D eigenvalue weighted by atomic mass is 16.5. The molecule has 0 radical (unpaired) electrons. The number of rotatable bonds is 7. The molecule has 0 amide bonds. The van der Waals surface area contributed by atoms with Crippen LogP contribution in [0.3, 0.4) is 0 Å². The summed E-state index contributed by atoms with van der Waals surface area (Å²) in [5, 5.41) is 13.1. The summed E-state index contributed by atoms with van der Waals surface area (Å²) in [6.45, 7) is 5.54. The number of anilines is 1. The molecular formula is C20H26N3O2+. The summed E-state index contributed by atoms with van der Waals surface area (Å²) in [6, 6.07) is 6.26. The molecule has 0 fully saturated rings. The van der Waals surface area contributed by atoms with Gasteiger partial charge >= 0.3 is 0 Å². The zero-order chi connectivity index (χ0) is 17.6. The van der Waals surface area contributed by atoms with Crippen LogP contribution in [0.15, 0.2) is 22.8 Å². The third-order valence-electron chi connectivity index (χ3n) is 4.52. The number of hydrogen-bond acceptors (Lipinski definition) is 4. The van der Waals surface area contributed by atoms with Crippen molar-refractivity contribution in [3.63, 3.8) is 0 Å². The quantitative estimate of drug-likeness (QED) is 0.779. The fourth-order valence-corrected chi connectivity index (χ4v) is 3.36. The summed E-state index contributed by atoms with van der Waals surface area (Å²) in [4.78, 5) is 3.43. The molecule has 2 N–H and O–H groups in total. The predicted molar refractivity (Wildman–Crippen MR) is 96.3 cm³/mol. The lowest BCUT2D eigenvalue weighted by Crippen LogP contribution is -2.24. The third kappa shape index (κ3) is 4.02. The number of H-pyrrole nitrogens is 1. The van der Waals surface area contributed by atoms with E-state index in [-0.39, 0.29) is 6.10 Å². The van der Waals surface area contributed by atoms with Crippen LogP contribution in [-0.4, -0.2) is 19.3 Å². The fourth-order valence-electron chi connectivity index (χ4n) is 3.36. The first-order chi connectivity index (χ1) is 12.2. The average Bonchev–Trinajstić information content (AvgIpc) is 3.14. The molecule has 0 atom stereocenters. The van der Waals surface area contributed by atoms with Gasteiger partial charge < -0.3 is 9.15 Å². The van der Waals surface area contributed by atoms with Crippen molar-refractivity contribution in [1.82, 2.24) is 0 Å². The van der Waals surface area contributed by atoms with Gasteiger partial charge in [-0.2, -0.15) is 5.26 Å². The Hall–Kier alpha value is -2.32. The smallest absolute Gasteiger partial charge is 0.291 e. The first kappa shape index (κ1) is 17.5. The monoisotopic (exact) mass is 340 g/mol. The van der Waals surface area contributed by atoms with E-state index < -0.39 is 0 Å². The molecule has 2 heterocycles. The Balaban J connectivity index is 1.87. The number of aromatic amines is 1. The summed E-state index contributed by atoms with van der Waals surface area (Å²) in [7, 11) is 0. The Kier molecular flexibility index (Phi) is 5.72. The summed E-state index contributed by atoms with van der Waals surface area (Å²) in [5.74, 6) is 1.62. The summed E-state index contributed by atoms with van der Waals surface area (Å²) < 4.78 is 11.2. The number of hydrogen-bond donors (Lipinski definition) is 1.